The fraction of sp³-hybridized carbons (Fsp3) is 0.556. The molecule has 2 aromatic rings. The van der Waals surface area contributed by atoms with E-state index < -0.39 is 6.04 Å². The van der Waals surface area contributed by atoms with Gasteiger partial charge in [0.15, 0.2) is 0 Å². The van der Waals surface area contributed by atoms with Gasteiger partial charge in [0, 0.05) is 17.3 Å². The van der Waals surface area contributed by atoms with E-state index in [0.29, 0.717) is 17.8 Å². The normalized spacial score (nSPS) is 18.3. The van der Waals surface area contributed by atoms with Crippen LogP contribution in [0.15, 0.2) is 0 Å². The van der Waals surface area contributed by atoms with Crippen molar-refractivity contribution in [3.63, 3.8) is 0 Å². The van der Waals surface area contributed by atoms with Crippen LogP contribution in [0.4, 0.5) is 0 Å². The van der Waals surface area contributed by atoms with Crippen LogP contribution < -0.4 is 10.6 Å². The quantitative estimate of drug-likeness (QED) is 0.862. The number of fused-ring (bicyclic) bond motifs is 1. The molecule has 1 fully saturated rings. The standard InChI is InChI=1S/C18H24N4O2S/c1-9-12-10(2)20-17(18(3,4)5)22-16(12)25-13(9)15(24)21-11-7-6-8-19-14(11)23/h11H,6-8H2,1-5H3,(H,19,23)(H,21,24). The number of hydrogen-bond donors (Lipinski definition) is 2. The minimum Gasteiger partial charge on any atom is -0.354 e. The van der Waals surface area contributed by atoms with Crippen LogP contribution in [0.3, 0.4) is 0 Å². The maximum Gasteiger partial charge on any atom is 0.262 e. The van der Waals surface area contributed by atoms with Gasteiger partial charge in [-0.15, -0.1) is 11.3 Å². The molecule has 3 heterocycles. The van der Waals surface area contributed by atoms with Crippen molar-refractivity contribution in [3.05, 3.63) is 22.0 Å². The fourth-order valence-electron chi connectivity index (χ4n) is 3.02. The third-order valence-electron chi connectivity index (χ3n) is 4.44. The molecule has 2 amide bonds. The first-order valence-corrected chi connectivity index (χ1v) is 9.37. The molecule has 6 nitrogen and oxygen atoms in total. The van der Waals surface area contributed by atoms with E-state index in [2.05, 4.69) is 41.4 Å². The lowest BCUT2D eigenvalue weighted by Gasteiger charge is -2.22. The molecule has 1 aliphatic heterocycles. The van der Waals surface area contributed by atoms with Crippen molar-refractivity contribution >= 4 is 33.4 Å². The molecule has 2 aromatic heterocycles. The molecule has 1 atom stereocenters. The van der Waals surface area contributed by atoms with E-state index in [-0.39, 0.29) is 17.2 Å². The van der Waals surface area contributed by atoms with Crippen LogP contribution in [0.25, 0.3) is 10.2 Å². The van der Waals surface area contributed by atoms with Gasteiger partial charge < -0.3 is 10.6 Å². The number of thiophene rings is 1. The molecule has 0 saturated carbocycles. The molecular weight excluding hydrogens is 336 g/mol. The van der Waals surface area contributed by atoms with Gasteiger partial charge in [-0.1, -0.05) is 20.8 Å². The molecule has 1 unspecified atom stereocenters. The zero-order chi connectivity index (χ0) is 18.4. The molecule has 0 radical (unpaired) electrons. The number of carbonyl (C=O) groups is 2. The first kappa shape index (κ1) is 17.8. The number of nitrogens with one attached hydrogen (secondary N) is 2. The lowest BCUT2D eigenvalue weighted by Crippen LogP contribution is -2.50. The summed E-state index contributed by atoms with van der Waals surface area (Å²) in [5.41, 5.74) is 1.62. The Balaban J connectivity index is 1.96. The Morgan fingerprint density at radius 3 is 2.64 bits per heavy atom. The largest absolute Gasteiger partial charge is 0.354 e. The second-order valence-electron chi connectivity index (χ2n) is 7.58. The third kappa shape index (κ3) is 3.38. The van der Waals surface area contributed by atoms with Crippen molar-refractivity contribution < 1.29 is 9.59 Å². The van der Waals surface area contributed by atoms with Gasteiger partial charge in [0.05, 0.1) is 10.6 Å². The number of carbonyl (C=O) groups excluding carboxylic acids is 2. The maximum absolute atomic E-state index is 12.7. The summed E-state index contributed by atoms with van der Waals surface area (Å²) >= 11 is 1.37. The van der Waals surface area contributed by atoms with Gasteiger partial charge in [-0.2, -0.15) is 0 Å². The number of aromatic nitrogens is 2. The lowest BCUT2D eigenvalue weighted by molar-refractivity contribution is -0.124. The van der Waals surface area contributed by atoms with Crippen LogP contribution in [0.1, 0.15) is 60.4 Å². The molecule has 25 heavy (non-hydrogen) atoms. The summed E-state index contributed by atoms with van der Waals surface area (Å²) in [5, 5.41) is 6.59. The van der Waals surface area contributed by atoms with Crippen LogP contribution in [0, 0.1) is 13.8 Å². The van der Waals surface area contributed by atoms with E-state index in [1.165, 1.54) is 11.3 Å². The second kappa shape index (κ2) is 6.37. The molecule has 1 aliphatic rings. The van der Waals surface area contributed by atoms with E-state index in [1.54, 1.807) is 0 Å². The summed E-state index contributed by atoms with van der Waals surface area (Å²) in [6, 6.07) is -0.455. The average Bonchev–Trinajstić information content (AvgIpc) is 2.86. The monoisotopic (exact) mass is 360 g/mol. The number of hydrogen-bond acceptors (Lipinski definition) is 5. The molecule has 0 bridgehead atoms. The number of nitrogens with zero attached hydrogens (tertiary/aromatic N) is 2. The van der Waals surface area contributed by atoms with E-state index >= 15 is 0 Å². The number of aryl methyl sites for hydroxylation is 2. The number of piperidine rings is 1. The van der Waals surface area contributed by atoms with Gasteiger partial charge in [0.1, 0.15) is 16.7 Å². The molecule has 2 N–H and O–H groups in total. The lowest BCUT2D eigenvalue weighted by atomic mass is 9.95. The van der Waals surface area contributed by atoms with Crippen LogP contribution in [0.2, 0.25) is 0 Å². The highest BCUT2D eigenvalue weighted by Gasteiger charge is 2.27. The van der Waals surface area contributed by atoms with Crippen LogP contribution in [0.5, 0.6) is 0 Å². The summed E-state index contributed by atoms with van der Waals surface area (Å²) in [5.74, 6) is 0.459. The summed E-state index contributed by atoms with van der Waals surface area (Å²) in [4.78, 5) is 35.3. The number of amides is 2. The topological polar surface area (TPSA) is 84.0 Å². The Bertz CT molecular complexity index is 851. The van der Waals surface area contributed by atoms with Crippen molar-refractivity contribution in [2.24, 2.45) is 0 Å². The van der Waals surface area contributed by atoms with E-state index in [9.17, 15) is 9.59 Å². The molecule has 7 heteroatoms. The maximum atomic E-state index is 12.7. The summed E-state index contributed by atoms with van der Waals surface area (Å²) in [6.45, 7) is 10.8. The predicted octanol–water partition coefficient (Wildman–Crippen LogP) is 2.61. The Morgan fingerprint density at radius 1 is 1.28 bits per heavy atom. The molecule has 0 aromatic carbocycles. The van der Waals surface area contributed by atoms with Crippen LogP contribution in [-0.2, 0) is 10.2 Å². The predicted molar refractivity (Wildman–Crippen MR) is 99.1 cm³/mol. The summed E-state index contributed by atoms with van der Waals surface area (Å²) in [6.07, 6.45) is 1.55. The molecular formula is C18H24N4O2S. The second-order valence-corrected chi connectivity index (χ2v) is 8.58. The zero-order valence-corrected chi connectivity index (χ0v) is 16.1. The van der Waals surface area contributed by atoms with E-state index in [4.69, 9.17) is 0 Å². The summed E-state index contributed by atoms with van der Waals surface area (Å²) < 4.78 is 0. The van der Waals surface area contributed by atoms with Crippen molar-refractivity contribution in [3.8, 4) is 0 Å². The van der Waals surface area contributed by atoms with Gasteiger partial charge in [0.2, 0.25) is 5.91 Å². The van der Waals surface area contributed by atoms with Crippen molar-refractivity contribution in [2.45, 2.75) is 58.9 Å². The highest BCUT2D eigenvalue weighted by Crippen LogP contribution is 2.33. The molecule has 0 aliphatic carbocycles. The van der Waals surface area contributed by atoms with Crippen molar-refractivity contribution in [2.75, 3.05) is 6.54 Å². The van der Waals surface area contributed by atoms with Gasteiger partial charge >= 0.3 is 0 Å². The molecule has 134 valence electrons. The third-order valence-corrected chi connectivity index (χ3v) is 5.62. The Hall–Kier alpha value is -2.02. The van der Waals surface area contributed by atoms with Crippen molar-refractivity contribution in [1.29, 1.82) is 0 Å². The SMILES string of the molecule is Cc1nc(C(C)(C)C)nc2sc(C(=O)NC3CCCNC3=O)c(C)c12. The highest BCUT2D eigenvalue weighted by molar-refractivity contribution is 7.20. The Kier molecular flexibility index (Phi) is 4.53. The average molecular weight is 360 g/mol. The Morgan fingerprint density at radius 2 is 2.00 bits per heavy atom. The van der Waals surface area contributed by atoms with Gasteiger partial charge in [-0.3, -0.25) is 9.59 Å². The summed E-state index contributed by atoms with van der Waals surface area (Å²) in [7, 11) is 0. The number of rotatable bonds is 2. The molecule has 0 spiro atoms. The van der Waals surface area contributed by atoms with Crippen LogP contribution >= 0.6 is 11.3 Å². The highest BCUT2D eigenvalue weighted by atomic mass is 32.1. The smallest absolute Gasteiger partial charge is 0.262 e. The Labute approximate surface area is 151 Å². The van der Waals surface area contributed by atoms with E-state index in [1.807, 2.05) is 13.8 Å². The first-order valence-electron chi connectivity index (χ1n) is 8.55. The fourth-order valence-corrected chi connectivity index (χ4v) is 4.16. The van der Waals surface area contributed by atoms with Crippen LogP contribution in [-0.4, -0.2) is 34.4 Å². The van der Waals surface area contributed by atoms with E-state index in [0.717, 1.165) is 33.7 Å². The minimum absolute atomic E-state index is 0.107. The van der Waals surface area contributed by atoms with Crippen molar-refractivity contribution in [1.82, 2.24) is 20.6 Å². The first-order chi connectivity index (χ1) is 11.7. The minimum atomic E-state index is -0.455. The zero-order valence-electron chi connectivity index (χ0n) is 15.3. The van der Waals surface area contributed by atoms with Gasteiger partial charge in [-0.25, -0.2) is 9.97 Å². The molecule has 1 saturated heterocycles. The molecule has 3 rings (SSSR count). The van der Waals surface area contributed by atoms with Gasteiger partial charge in [-0.05, 0) is 32.3 Å². The van der Waals surface area contributed by atoms with Gasteiger partial charge in [0.25, 0.3) is 5.91 Å².